The molecule has 1 unspecified atom stereocenters. The van der Waals surface area contributed by atoms with E-state index in [4.69, 9.17) is 5.26 Å². The molecule has 0 saturated heterocycles. The zero-order chi connectivity index (χ0) is 14.5. The Labute approximate surface area is 113 Å². The summed E-state index contributed by atoms with van der Waals surface area (Å²) >= 11 is 0. The Morgan fingerprint density at radius 3 is 2.37 bits per heavy atom. The zero-order valence-electron chi connectivity index (χ0n) is 10.9. The second kappa shape index (κ2) is 6.34. The van der Waals surface area contributed by atoms with Gasteiger partial charge in [-0.05, 0) is 30.7 Å². The van der Waals surface area contributed by atoms with Gasteiger partial charge in [-0.15, -0.1) is 0 Å². The molecular formula is C13H16N2O3S. The van der Waals surface area contributed by atoms with Gasteiger partial charge >= 0.3 is 0 Å². The van der Waals surface area contributed by atoms with Crippen LogP contribution in [0, 0.1) is 11.3 Å². The molecule has 0 fully saturated rings. The minimum absolute atomic E-state index is 0.162. The highest BCUT2D eigenvalue weighted by Crippen LogP contribution is 2.10. The molecule has 0 saturated carbocycles. The molecule has 5 nitrogen and oxygen atoms in total. The van der Waals surface area contributed by atoms with Crippen molar-refractivity contribution in [2.45, 2.75) is 30.7 Å². The van der Waals surface area contributed by atoms with Gasteiger partial charge in [-0.3, -0.25) is 4.79 Å². The molecule has 1 atom stereocenters. The number of nitrogens with one attached hydrogen (secondary N) is 1. The maximum Gasteiger partial charge on any atom is 0.252 e. The van der Waals surface area contributed by atoms with Crippen molar-refractivity contribution in [1.82, 2.24) is 5.32 Å². The average Bonchev–Trinajstić information content (AvgIpc) is 2.37. The number of rotatable bonds is 5. The van der Waals surface area contributed by atoms with Gasteiger partial charge in [0.15, 0.2) is 9.84 Å². The Morgan fingerprint density at radius 1 is 1.37 bits per heavy atom. The third kappa shape index (κ3) is 4.38. The van der Waals surface area contributed by atoms with Gasteiger partial charge in [-0.1, -0.05) is 13.3 Å². The predicted molar refractivity (Wildman–Crippen MR) is 71.3 cm³/mol. The first kappa shape index (κ1) is 15.2. The van der Waals surface area contributed by atoms with Crippen molar-refractivity contribution in [3.8, 4) is 6.07 Å². The van der Waals surface area contributed by atoms with E-state index in [2.05, 4.69) is 5.32 Å². The number of nitriles is 1. The van der Waals surface area contributed by atoms with E-state index in [1.54, 1.807) is 0 Å². The monoisotopic (exact) mass is 280 g/mol. The van der Waals surface area contributed by atoms with Gasteiger partial charge in [-0.25, -0.2) is 8.42 Å². The molecule has 1 aromatic carbocycles. The fourth-order valence-electron chi connectivity index (χ4n) is 1.55. The molecule has 0 spiro atoms. The lowest BCUT2D eigenvalue weighted by atomic mass is 10.1. The first-order valence-corrected chi connectivity index (χ1v) is 7.78. The number of hydrogen-bond acceptors (Lipinski definition) is 4. The lowest BCUT2D eigenvalue weighted by Gasteiger charge is -2.10. The van der Waals surface area contributed by atoms with E-state index in [0.717, 1.165) is 12.7 Å². The van der Waals surface area contributed by atoms with Gasteiger partial charge in [-0.2, -0.15) is 5.26 Å². The van der Waals surface area contributed by atoms with Crippen molar-refractivity contribution in [2.24, 2.45) is 0 Å². The Balaban J connectivity index is 2.82. The summed E-state index contributed by atoms with van der Waals surface area (Å²) < 4.78 is 22.6. The van der Waals surface area contributed by atoms with Crippen LogP contribution in [0.1, 0.15) is 30.1 Å². The maximum absolute atomic E-state index is 11.8. The summed E-state index contributed by atoms with van der Waals surface area (Å²) in [6.07, 6.45) is 2.49. The van der Waals surface area contributed by atoms with E-state index in [9.17, 15) is 13.2 Å². The van der Waals surface area contributed by atoms with Crippen molar-refractivity contribution < 1.29 is 13.2 Å². The molecule has 6 heteroatoms. The highest BCUT2D eigenvalue weighted by atomic mass is 32.2. The molecule has 1 amide bonds. The van der Waals surface area contributed by atoms with Crippen molar-refractivity contribution in [3.05, 3.63) is 29.8 Å². The van der Waals surface area contributed by atoms with Crippen LogP contribution in [-0.2, 0) is 9.84 Å². The van der Waals surface area contributed by atoms with Gasteiger partial charge in [0.25, 0.3) is 5.91 Å². The summed E-state index contributed by atoms with van der Waals surface area (Å²) in [5.74, 6) is -0.375. The Morgan fingerprint density at radius 2 is 1.95 bits per heavy atom. The van der Waals surface area contributed by atoms with Gasteiger partial charge in [0.05, 0.1) is 11.0 Å². The van der Waals surface area contributed by atoms with Crippen molar-refractivity contribution in [2.75, 3.05) is 6.26 Å². The third-order valence-electron chi connectivity index (χ3n) is 2.58. The largest absolute Gasteiger partial charge is 0.336 e. The van der Waals surface area contributed by atoms with Gasteiger partial charge < -0.3 is 5.32 Å². The molecule has 0 radical (unpaired) electrons. The van der Waals surface area contributed by atoms with Crippen LogP contribution in [-0.4, -0.2) is 26.6 Å². The van der Waals surface area contributed by atoms with E-state index in [-0.39, 0.29) is 10.8 Å². The quantitative estimate of drug-likeness (QED) is 0.885. The second-order valence-corrected chi connectivity index (χ2v) is 6.26. The number of benzene rings is 1. The summed E-state index contributed by atoms with van der Waals surface area (Å²) in [4.78, 5) is 12.0. The normalized spacial score (nSPS) is 12.5. The highest BCUT2D eigenvalue weighted by Gasteiger charge is 2.13. The van der Waals surface area contributed by atoms with Crippen LogP contribution in [0.2, 0.25) is 0 Å². The standard InChI is InChI=1S/C13H16N2O3S/c1-3-4-11(9-14)15-13(16)10-5-7-12(8-6-10)19(2,17)18/h5-8,11H,3-4H2,1-2H3,(H,15,16). The molecule has 102 valence electrons. The minimum atomic E-state index is -3.27. The molecule has 0 bridgehead atoms. The van der Waals surface area contributed by atoms with Crippen LogP contribution >= 0.6 is 0 Å². The van der Waals surface area contributed by atoms with E-state index in [1.165, 1.54) is 24.3 Å². The molecular weight excluding hydrogens is 264 g/mol. The van der Waals surface area contributed by atoms with Crippen LogP contribution in [0.4, 0.5) is 0 Å². The zero-order valence-corrected chi connectivity index (χ0v) is 11.7. The molecule has 1 aromatic rings. The number of carbonyl (C=O) groups is 1. The van der Waals surface area contributed by atoms with E-state index < -0.39 is 15.9 Å². The fraction of sp³-hybridized carbons (Fsp3) is 0.385. The van der Waals surface area contributed by atoms with Crippen LogP contribution in [0.3, 0.4) is 0 Å². The molecule has 0 heterocycles. The first-order chi connectivity index (χ1) is 8.88. The van der Waals surface area contributed by atoms with E-state index in [0.29, 0.717) is 12.0 Å². The van der Waals surface area contributed by atoms with Gasteiger partial charge in [0, 0.05) is 11.8 Å². The Kier molecular flexibility index (Phi) is 5.07. The molecule has 0 aliphatic rings. The summed E-state index contributed by atoms with van der Waals surface area (Å²) in [7, 11) is -3.27. The molecule has 0 aliphatic heterocycles. The van der Waals surface area contributed by atoms with E-state index >= 15 is 0 Å². The van der Waals surface area contributed by atoms with Gasteiger partial charge in [0.1, 0.15) is 6.04 Å². The molecule has 19 heavy (non-hydrogen) atoms. The van der Waals surface area contributed by atoms with Crippen molar-refractivity contribution in [1.29, 1.82) is 5.26 Å². The van der Waals surface area contributed by atoms with Gasteiger partial charge in [0.2, 0.25) is 0 Å². The topological polar surface area (TPSA) is 87.0 Å². The van der Waals surface area contributed by atoms with Crippen LogP contribution in [0.25, 0.3) is 0 Å². The average molecular weight is 280 g/mol. The minimum Gasteiger partial charge on any atom is -0.336 e. The number of amides is 1. The molecule has 0 aromatic heterocycles. The smallest absolute Gasteiger partial charge is 0.252 e. The fourth-order valence-corrected chi connectivity index (χ4v) is 2.18. The Bertz CT molecular complexity index is 585. The molecule has 1 N–H and O–H groups in total. The van der Waals surface area contributed by atoms with Crippen LogP contribution in [0.15, 0.2) is 29.2 Å². The number of hydrogen-bond donors (Lipinski definition) is 1. The summed E-state index contributed by atoms with van der Waals surface area (Å²) in [6, 6.07) is 7.12. The van der Waals surface area contributed by atoms with Crippen LogP contribution < -0.4 is 5.32 Å². The second-order valence-electron chi connectivity index (χ2n) is 4.24. The summed E-state index contributed by atoms with van der Waals surface area (Å²) in [5, 5.41) is 11.5. The number of nitrogens with zero attached hydrogens (tertiary/aromatic N) is 1. The first-order valence-electron chi connectivity index (χ1n) is 5.89. The SMILES string of the molecule is CCCC(C#N)NC(=O)c1ccc(S(C)(=O)=O)cc1. The maximum atomic E-state index is 11.8. The lowest BCUT2D eigenvalue weighted by Crippen LogP contribution is -2.33. The summed E-state index contributed by atoms with van der Waals surface area (Å²) in [6.45, 7) is 1.93. The van der Waals surface area contributed by atoms with Crippen LogP contribution in [0.5, 0.6) is 0 Å². The van der Waals surface area contributed by atoms with Crippen molar-refractivity contribution >= 4 is 15.7 Å². The van der Waals surface area contributed by atoms with Crippen molar-refractivity contribution in [3.63, 3.8) is 0 Å². The van der Waals surface area contributed by atoms with E-state index in [1.807, 2.05) is 13.0 Å². The number of sulfone groups is 1. The highest BCUT2D eigenvalue weighted by molar-refractivity contribution is 7.90. The number of carbonyl (C=O) groups excluding carboxylic acids is 1. The molecule has 0 aliphatic carbocycles. The lowest BCUT2D eigenvalue weighted by molar-refractivity contribution is 0.0944. The Hall–Kier alpha value is -1.87. The predicted octanol–water partition coefficient (Wildman–Crippen LogP) is 1.51. The summed E-state index contributed by atoms with van der Waals surface area (Å²) in [5.41, 5.74) is 0.337. The molecule has 1 rings (SSSR count). The third-order valence-corrected chi connectivity index (χ3v) is 3.71.